The number of amides is 2. The van der Waals surface area contributed by atoms with Crippen LogP contribution in [0.25, 0.3) is 0 Å². The van der Waals surface area contributed by atoms with Crippen molar-refractivity contribution in [3.63, 3.8) is 0 Å². The summed E-state index contributed by atoms with van der Waals surface area (Å²) in [7, 11) is 0. The molecule has 0 aromatic carbocycles. The Kier molecular flexibility index (Phi) is 5.50. The third-order valence-electron chi connectivity index (χ3n) is 3.87. The quantitative estimate of drug-likeness (QED) is 0.830. The maximum atomic E-state index is 12.4. The third kappa shape index (κ3) is 4.22. The molecule has 1 unspecified atom stereocenters. The molecule has 0 aliphatic carbocycles. The van der Waals surface area contributed by atoms with Gasteiger partial charge in [0.25, 0.3) is 5.91 Å². The number of nitrogens with zero attached hydrogens (tertiary/aromatic N) is 1. The smallest absolute Gasteiger partial charge is 0.263 e. The highest BCUT2D eigenvalue weighted by Crippen LogP contribution is 2.22. The first-order valence-corrected chi connectivity index (χ1v) is 10.0. The second kappa shape index (κ2) is 7.59. The maximum Gasteiger partial charge on any atom is 0.263 e. The van der Waals surface area contributed by atoms with Crippen LogP contribution in [0.3, 0.4) is 0 Å². The molecule has 2 aromatic rings. The molecule has 2 aromatic heterocycles. The van der Waals surface area contributed by atoms with Gasteiger partial charge in [-0.3, -0.25) is 9.59 Å². The van der Waals surface area contributed by atoms with Crippen LogP contribution in [0.5, 0.6) is 0 Å². The molecule has 23 heavy (non-hydrogen) atoms. The van der Waals surface area contributed by atoms with E-state index < -0.39 is 0 Å². The molecule has 0 saturated carbocycles. The van der Waals surface area contributed by atoms with E-state index in [0.717, 1.165) is 33.6 Å². The number of piperidine rings is 1. The van der Waals surface area contributed by atoms with Gasteiger partial charge in [-0.05, 0) is 46.3 Å². The Bertz CT molecular complexity index is 684. The highest BCUT2D eigenvalue weighted by atomic mass is 79.9. The third-order valence-corrected chi connectivity index (χ3v) is 6.43. The van der Waals surface area contributed by atoms with Gasteiger partial charge in [0.1, 0.15) is 0 Å². The second-order valence-electron chi connectivity index (χ2n) is 5.52. The largest absolute Gasteiger partial charge is 0.351 e. The SMILES string of the molecule is O=C(NCc1cc(Br)cs1)C1CCCN(C(=O)c2cccs2)C1. The molecule has 7 heteroatoms. The Hall–Kier alpha value is -1.18. The Morgan fingerprint density at radius 3 is 2.96 bits per heavy atom. The van der Waals surface area contributed by atoms with Gasteiger partial charge in [0.05, 0.1) is 17.3 Å². The Balaban J connectivity index is 1.55. The topological polar surface area (TPSA) is 49.4 Å². The molecular weight excluding hydrogens is 396 g/mol. The molecule has 1 aliphatic rings. The summed E-state index contributed by atoms with van der Waals surface area (Å²) in [6.07, 6.45) is 1.72. The first-order chi connectivity index (χ1) is 11.1. The molecule has 1 fully saturated rings. The molecule has 3 heterocycles. The van der Waals surface area contributed by atoms with Crippen molar-refractivity contribution in [2.24, 2.45) is 5.92 Å². The minimum atomic E-state index is -0.115. The van der Waals surface area contributed by atoms with Gasteiger partial charge < -0.3 is 10.2 Å². The number of nitrogens with one attached hydrogen (secondary N) is 1. The minimum Gasteiger partial charge on any atom is -0.351 e. The summed E-state index contributed by atoms with van der Waals surface area (Å²) >= 11 is 6.48. The van der Waals surface area contributed by atoms with Gasteiger partial charge in [0, 0.05) is 27.8 Å². The number of carbonyl (C=O) groups is 2. The molecular formula is C16H17BrN2O2S2. The minimum absolute atomic E-state index is 0.0400. The standard InChI is InChI=1S/C16H17BrN2O2S2/c17-12-7-13(23-10-12)8-18-15(20)11-3-1-5-19(9-11)16(21)14-4-2-6-22-14/h2,4,6-7,10-11H,1,3,5,8-9H2,(H,18,20). The fraction of sp³-hybridized carbons (Fsp3) is 0.375. The predicted octanol–water partition coefficient (Wildman–Crippen LogP) is 3.74. The van der Waals surface area contributed by atoms with E-state index in [1.165, 1.54) is 11.3 Å². The molecule has 0 spiro atoms. The van der Waals surface area contributed by atoms with Crippen molar-refractivity contribution >= 4 is 50.4 Å². The molecule has 1 N–H and O–H groups in total. The molecule has 1 aliphatic heterocycles. The van der Waals surface area contributed by atoms with Crippen LogP contribution in [-0.2, 0) is 11.3 Å². The number of carbonyl (C=O) groups excluding carboxylic acids is 2. The lowest BCUT2D eigenvalue weighted by Gasteiger charge is -2.31. The lowest BCUT2D eigenvalue weighted by Crippen LogP contribution is -2.45. The van der Waals surface area contributed by atoms with Crippen molar-refractivity contribution in [3.05, 3.63) is 43.2 Å². The summed E-state index contributed by atoms with van der Waals surface area (Å²) < 4.78 is 1.04. The van der Waals surface area contributed by atoms with Gasteiger partial charge in [-0.1, -0.05) is 6.07 Å². The Morgan fingerprint density at radius 2 is 2.26 bits per heavy atom. The Labute approximate surface area is 151 Å². The fourth-order valence-electron chi connectivity index (χ4n) is 2.70. The van der Waals surface area contributed by atoms with Crippen molar-refractivity contribution in [2.45, 2.75) is 19.4 Å². The highest BCUT2D eigenvalue weighted by molar-refractivity contribution is 9.10. The zero-order valence-corrected chi connectivity index (χ0v) is 15.7. The van der Waals surface area contributed by atoms with Crippen LogP contribution in [-0.4, -0.2) is 29.8 Å². The summed E-state index contributed by atoms with van der Waals surface area (Å²) in [5.74, 6) is -0.0334. The van der Waals surface area contributed by atoms with E-state index in [9.17, 15) is 9.59 Å². The maximum absolute atomic E-state index is 12.4. The average molecular weight is 413 g/mol. The van der Waals surface area contributed by atoms with Crippen LogP contribution < -0.4 is 5.32 Å². The monoisotopic (exact) mass is 412 g/mol. The van der Waals surface area contributed by atoms with Crippen LogP contribution >= 0.6 is 38.6 Å². The van der Waals surface area contributed by atoms with Crippen molar-refractivity contribution in [1.29, 1.82) is 0 Å². The van der Waals surface area contributed by atoms with E-state index in [1.54, 1.807) is 16.2 Å². The number of likely N-dealkylation sites (tertiary alicyclic amines) is 1. The molecule has 0 bridgehead atoms. The predicted molar refractivity (Wildman–Crippen MR) is 96.8 cm³/mol. The zero-order chi connectivity index (χ0) is 16.2. The molecule has 2 amide bonds. The summed E-state index contributed by atoms with van der Waals surface area (Å²) in [6, 6.07) is 5.73. The summed E-state index contributed by atoms with van der Waals surface area (Å²) in [5.41, 5.74) is 0. The van der Waals surface area contributed by atoms with Gasteiger partial charge in [-0.2, -0.15) is 0 Å². The van der Waals surface area contributed by atoms with E-state index >= 15 is 0 Å². The van der Waals surface area contributed by atoms with E-state index in [-0.39, 0.29) is 17.7 Å². The number of halogens is 1. The van der Waals surface area contributed by atoms with Gasteiger partial charge >= 0.3 is 0 Å². The molecule has 1 saturated heterocycles. The van der Waals surface area contributed by atoms with E-state index in [2.05, 4.69) is 21.2 Å². The van der Waals surface area contributed by atoms with Crippen molar-refractivity contribution < 1.29 is 9.59 Å². The van der Waals surface area contributed by atoms with E-state index in [1.807, 2.05) is 29.0 Å². The summed E-state index contributed by atoms with van der Waals surface area (Å²) in [6.45, 7) is 1.79. The summed E-state index contributed by atoms with van der Waals surface area (Å²) in [5, 5.41) is 6.90. The Morgan fingerprint density at radius 1 is 1.39 bits per heavy atom. The van der Waals surface area contributed by atoms with Gasteiger partial charge in [0.15, 0.2) is 0 Å². The van der Waals surface area contributed by atoms with Crippen LogP contribution in [0.4, 0.5) is 0 Å². The first kappa shape index (κ1) is 16.7. The molecule has 0 radical (unpaired) electrons. The molecule has 1 atom stereocenters. The van der Waals surface area contributed by atoms with Gasteiger partial charge in [-0.25, -0.2) is 0 Å². The highest BCUT2D eigenvalue weighted by Gasteiger charge is 2.29. The van der Waals surface area contributed by atoms with Crippen molar-refractivity contribution in [3.8, 4) is 0 Å². The normalized spacial score (nSPS) is 18.0. The number of hydrogen-bond donors (Lipinski definition) is 1. The van der Waals surface area contributed by atoms with Crippen molar-refractivity contribution in [1.82, 2.24) is 10.2 Å². The van der Waals surface area contributed by atoms with Crippen LogP contribution in [0.15, 0.2) is 33.4 Å². The first-order valence-electron chi connectivity index (χ1n) is 7.47. The number of thiophene rings is 2. The van der Waals surface area contributed by atoms with Crippen molar-refractivity contribution in [2.75, 3.05) is 13.1 Å². The van der Waals surface area contributed by atoms with E-state index in [4.69, 9.17) is 0 Å². The number of rotatable bonds is 4. The average Bonchev–Trinajstić information content (AvgIpc) is 3.23. The summed E-state index contributed by atoms with van der Waals surface area (Å²) in [4.78, 5) is 28.5. The van der Waals surface area contributed by atoms with Crippen LogP contribution in [0.1, 0.15) is 27.4 Å². The fourth-order valence-corrected chi connectivity index (χ4v) is 4.78. The lowest BCUT2D eigenvalue weighted by atomic mass is 9.97. The second-order valence-corrected chi connectivity index (χ2v) is 8.38. The van der Waals surface area contributed by atoms with E-state index in [0.29, 0.717) is 13.1 Å². The number of hydrogen-bond acceptors (Lipinski definition) is 4. The zero-order valence-electron chi connectivity index (χ0n) is 12.5. The van der Waals surface area contributed by atoms with Gasteiger partial charge in [0.2, 0.25) is 5.91 Å². The van der Waals surface area contributed by atoms with Gasteiger partial charge in [-0.15, -0.1) is 22.7 Å². The van der Waals surface area contributed by atoms with Crippen LogP contribution in [0, 0.1) is 5.92 Å². The lowest BCUT2D eigenvalue weighted by molar-refractivity contribution is -0.126. The van der Waals surface area contributed by atoms with Crippen LogP contribution in [0.2, 0.25) is 0 Å². The molecule has 3 rings (SSSR count). The molecule has 122 valence electrons. The molecule has 4 nitrogen and oxygen atoms in total.